The molecular formula is C31H28FN3O3S. The summed E-state index contributed by atoms with van der Waals surface area (Å²) in [5.41, 5.74) is 5.98. The number of carbonyl (C=O) groups is 1. The summed E-state index contributed by atoms with van der Waals surface area (Å²) in [6.07, 6.45) is 0.122. The van der Waals surface area contributed by atoms with Crippen LogP contribution in [0, 0.1) is 12.7 Å². The van der Waals surface area contributed by atoms with E-state index in [2.05, 4.69) is 16.0 Å². The standard InChI is InChI=1S/C31H28FN3O3S/c1-3-39(37,38)27-14-8-22(9-15-27)19-30(36)33-26-12-10-24(11-13-26)31-34-28-16-7-21(2)17-29(28)35(31)20-23-5-4-6-25(32)18-23/h4-18H,3,19-20H2,1-2H3,(H,33,36). The van der Waals surface area contributed by atoms with Gasteiger partial charge in [-0.2, -0.15) is 0 Å². The third-order valence-corrected chi connectivity index (χ3v) is 8.34. The zero-order valence-electron chi connectivity index (χ0n) is 21.7. The Bertz CT molecular complexity index is 1760. The minimum atomic E-state index is -3.28. The molecule has 0 aliphatic rings. The molecule has 6 nitrogen and oxygen atoms in total. The van der Waals surface area contributed by atoms with Crippen LogP contribution in [0.25, 0.3) is 22.4 Å². The first kappa shape index (κ1) is 26.3. The van der Waals surface area contributed by atoms with Gasteiger partial charge in [-0.15, -0.1) is 0 Å². The molecule has 1 aromatic heterocycles. The lowest BCUT2D eigenvalue weighted by molar-refractivity contribution is -0.115. The lowest BCUT2D eigenvalue weighted by Crippen LogP contribution is -2.14. The van der Waals surface area contributed by atoms with Gasteiger partial charge in [0.05, 0.1) is 28.1 Å². The number of imidazole rings is 1. The Labute approximate surface area is 227 Å². The number of fused-ring (bicyclic) bond motifs is 1. The number of hydrogen-bond acceptors (Lipinski definition) is 4. The van der Waals surface area contributed by atoms with Crippen molar-refractivity contribution in [2.45, 2.75) is 31.7 Å². The number of anilines is 1. The predicted molar refractivity (Wildman–Crippen MR) is 152 cm³/mol. The number of aryl methyl sites for hydroxylation is 1. The van der Waals surface area contributed by atoms with E-state index in [4.69, 9.17) is 4.98 Å². The minimum absolute atomic E-state index is 0.0313. The molecule has 1 N–H and O–H groups in total. The van der Waals surface area contributed by atoms with Gasteiger partial charge in [0.2, 0.25) is 5.91 Å². The van der Waals surface area contributed by atoms with Crippen LogP contribution in [0.15, 0.2) is 95.9 Å². The van der Waals surface area contributed by atoms with Crippen LogP contribution in [0.4, 0.5) is 10.1 Å². The fourth-order valence-corrected chi connectivity index (χ4v) is 5.39. The molecule has 0 aliphatic heterocycles. The zero-order valence-corrected chi connectivity index (χ0v) is 22.5. The summed E-state index contributed by atoms with van der Waals surface area (Å²) in [4.78, 5) is 17.7. The average Bonchev–Trinajstić information content (AvgIpc) is 3.26. The molecule has 5 aromatic rings. The van der Waals surface area contributed by atoms with Gasteiger partial charge >= 0.3 is 0 Å². The topological polar surface area (TPSA) is 81.1 Å². The second-order valence-corrected chi connectivity index (χ2v) is 11.8. The Morgan fingerprint density at radius 2 is 1.67 bits per heavy atom. The number of hydrogen-bond donors (Lipinski definition) is 1. The van der Waals surface area contributed by atoms with Crippen molar-refractivity contribution in [1.82, 2.24) is 9.55 Å². The number of aromatic nitrogens is 2. The van der Waals surface area contributed by atoms with Gasteiger partial charge in [0.1, 0.15) is 11.6 Å². The molecule has 0 unspecified atom stereocenters. The van der Waals surface area contributed by atoms with Crippen LogP contribution < -0.4 is 5.32 Å². The van der Waals surface area contributed by atoms with Gasteiger partial charge in [0.25, 0.3) is 0 Å². The normalized spacial score (nSPS) is 11.6. The number of nitrogens with one attached hydrogen (secondary N) is 1. The predicted octanol–water partition coefficient (Wildman–Crippen LogP) is 6.17. The second kappa shape index (κ2) is 10.8. The van der Waals surface area contributed by atoms with Gasteiger partial charge in [-0.25, -0.2) is 17.8 Å². The molecule has 8 heteroatoms. The number of carbonyl (C=O) groups excluding carboxylic acids is 1. The third-order valence-electron chi connectivity index (χ3n) is 6.59. The molecule has 0 saturated carbocycles. The molecule has 5 rings (SSSR count). The molecule has 0 saturated heterocycles. The van der Waals surface area contributed by atoms with Crippen molar-refractivity contribution < 1.29 is 17.6 Å². The molecule has 0 radical (unpaired) electrons. The summed E-state index contributed by atoms with van der Waals surface area (Å²) < 4.78 is 40.0. The first-order valence-corrected chi connectivity index (χ1v) is 14.3. The maximum absolute atomic E-state index is 13.9. The first-order valence-electron chi connectivity index (χ1n) is 12.6. The average molecular weight is 542 g/mol. The van der Waals surface area contributed by atoms with Crippen molar-refractivity contribution in [2.24, 2.45) is 0 Å². The molecule has 0 atom stereocenters. The van der Waals surface area contributed by atoms with Gasteiger partial charge < -0.3 is 9.88 Å². The Hall–Kier alpha value is -4.30. The van der Waals surface area contributed by atoms with Gasteiger partial charge in [-0.1, -0.05) is 37.3 Å². The van der Waals surface area contributed by atoms with Crippen molar-refractivity contribution in [1.29, 1.82) is 0 Å². The Morgan fingerprint density at radius 3 is 2.36 bits per heavy atom. The molecule has 1 amide bonds. The van der Waals surface area contributed by atoms with E-state index in [1.807, 2.05) is 49.4 Å². The highest BCUT2D eigenvalue weighted by atomic mass is 32.2. The second-order valence-electron chi connectivity index (χ2n) is 9.49. The molecule has 0 aliphatic carbocycles. The lowest BCUT2D eigenvalue weighted by Gasteiger charge is -2.11. The van der Waals surface area contributed by atoms with Crippen molar-refractivity contribution in [3.05, 3.63) is 114 Å². The maximum atomic E-state index is 13.9. The van der Waals surface area contributed by atoms with Crippen LogP contribution in [0.1, 0.15) is 23.6 Å². The Kier molecular flexibility index (Phi) is 7.30. The largest absolute Gasteiger partial charge is 0.326 e. The monoisotopic (exact) mass is 541 g/mol. The summed E-state index contributed by atoms with van der Waals surface area (Å²) in [5, 5.41) is 2.89. The van der Waals surface area contributed by atoms with Crippen LogP contribution in [0.3, 0.4) is 0 Å². The molecular weight excluding hydrogens is 513 g/mol. The molecule has 198 valence electrons. The van der Waals surface area contributed by atoms with Crippen molar-refractivity contribution in [3.8, 4) is 11.4 Å². The van der Waals surface area contributed by atoms with E-state index in [0.717, 1.165) is 39.1 Å². The van der Waals surface area contributed by atoms with Crippen molar-refractivity contribution in [3.63, 3.8) is 0 Å². The molecule has 39 heavy (non-hydrogen) atoms. The summed E-state index contributed by atoms with van der Waals surface area (Å²) in [7, 11) is -3.28. The lowest BCUT2D eigenvalue weighted by atomic mass is 10.1. The molecule has 1 heterocycles. The SMILES string of the molecule is CCS(=O)(=O)c1ccc(CC(=O)Nc2ccc(-c3nc4ccc(C)cc4n3Cc3cccc(F)c3)cc2)cc1. The number of halogens is 1. The van der Waals surface area contributed by atoms with Crippen LogP contribution in [-0.2, 0) is 27.6 Å². The van der Waals surface area contributed by atoms with Gasteiger partial charge in [-0.05, 0) is 84.3 Å². The van der Waals surface area contributed by atoms with Crippen LogP contribution >= 0.6 is 0 Å². The van der Waals surface area contributed by atoms with Gasteiger partial charge in [0.15, 0.2) is 9.84 Å². The van der Waals surface area contributed by atoms with E-state index in [1.54, 1.807) is 25.1 Å². The minimum Gasteiger partial charge on any atom is -0.326 e. The summed E-state index contributed by atoms with van der Waals surface area (Å²) in [6, 6.07) is 26.5. The number of nitrogens with zero attached hydrogens (tertiary/aromatic N) is 2. The van der Waals surface area contributed by atoms with E-state index in [1.165, 1.54) is 24.3 Å². The van der Waals surface area contributed by atoms with Crippen LogP contribution in [-0.4, -0.2) is 29.6 Å². The number of benzene rings is 4. The summed E-state index contributed by atoms with van der Waals surface area (Å²) >= 11 is 0. The first-order chi connectivity index (χ1) is 18.7. The Balaban J connectivity index is 1.35. The third kappa shape index (κ3) is 5.91. The highest BCUT2D eigenvalue weighted by molar-refractivity contribution is 7.91. The number of rotatable bonds is 8. The van der Waals surface area contributed by atoms with Gasteiger partial charge in [0, 0.05) is 17.8 Å². The van der Waals surface area contributed by atoms with Gasteiger partial charge in [-0.3, -0.25) is 4.79 Å². The van der Waals surface area contributed by atoms with E-state index in [-0.39, 0.29) is 28.8 Å². The zero-order chi connectivity index (χ0) is 27.6. The molecule has 0 spiro atoms. The molecule has 0 fully saturated rings. The smallest absolute Gasteiger partial charge is 0.228 e. The maximum Gasteiger partial charge on any atom is 0.228 e. The number of amides is 1. The van der Waals surface area contributed by atoms with E-state index < -0.39 is 9.84 Å². The fourth-order valence-electron chi connectivity index (χ4n) is 4.51. The molecule has 0 bridgehead atoms. The number of sulfone groups is 1. The summed E-state index contributed by atoms with van der Waals surface area (Å²) in [6.45, 7) is 4.09. The highest BCUT2D eigenvalue weighted by Crippen LogP contribution is 2.28. The van der Waals surface area contributed by atoms with Crippen molar-refractivity contribution >= 4 is 32.5 Å². The van der Waals surface area contributed by atoms with Crippen LogP contribution in [0.2, 0.25) is 0 Å². The molecule has 4 aromatic carbocycles. The van der Waals surface area contributed by atoms with Crippen LogP contribution in [0.5, 0.6) is 0 Å². The Morgan fingerprint density at radius 1 is 0.923 bits per heavy atom. The summed E-state index contributed by atoms with van der Waals surface area (Å²) in [5.74, 6) is 0.294. The van der Waals surface area contributed by atoms with E-state index >= 15 is 0 Å². The van der Waals surface area contributed by atoms with Crippen molar-refractivity contribution in [2.75, 3.05) is 11.1 Å². The van der Waals surface area contributed by atoms with E-state index in [0.29, 0.717) is 12.2 Å². The highest BCUT2D eigenvalue weighted by Gasteiger charge is 2.15. The fraction of sp³-hybridized carbons (Fsp3) is 0.161. The van der Waals surface area contributed by atoms with E-state index in [9.17, 15) is 17.6 Å². The quantitative estimate of drug-likeness (QED) is 0.255.